The van der Waals surface area contributed by atoms with Crippen molar-refractivity contribution >= 4 is 23.7 Å². The van der Waals surface area contributed by atoms with E-state index in [0.717, 1.165) is 54.6 Å². The van der Waals surface area contributed by atoms with Gasteiger partial charge in [-0.15, -0.1) is 0 Å². The highest BCUT2D eigenvalue weighted by atomic mass is 16.2. The molecule has 2 aromatic carbocycles. The summed E-state index contributed by atoms with van der Waals surface area (Å²) in [6.07, 6.45) is 5.69. The number of nitrogens with zero attached hydrogens (tertiary/aromatic N) is 2. The summed E-state index contributed by atoms with van der Waals surface area (Å²) in [5, 5.41) is 0. The predicted octanol–water partition coefficient (Wildman–Crippen LogP) is 4.67. The minimum atomic E-state index is 0.121. The molecule has 0 atom stereocenters. The molecule has 0 aromatic heterocycles. The Morgan fingerprint density at radius 2 is 1.58 bits per heavy atom. The van der Waals surface area contributed by atoms with Gasteiger partial charge in [-0.1, -0.05) is 62.6 Å². The van der Waals surface area contributed by atoms with Gasteiger partial charge >= 0.3 is 0 Å². The van der Waals surface area contributed by atoms with Gasteiger partial charge in [0.25, 0.3) is 0 Å². The van der Waals surface area contributed by atoms with Crippen LogP contribution in [0.3, 0.4) is 0 Å². The van der Waals surface area contributed by atoms with Gasteiger partial charge in [-0.2, -0.15) is 0 Å². The molecule has 1 aliphatic rings. The molecule has 0 bridgehead atoms. The molecule has 1 aliphatic heterocycles. The average molecular weight is 350 g/mol. The smallest absolute Gasteiger partial charge is 0.227 e. The molecule has 2 aromatic rings. The molecule has 3 rings (SSSR count). The maximum absolute atomic E-state index is 13.0. The number of rotatable bonds is 6. The second-order valence-corrected chi connectivity index (χ2v) is 6.78. The lowest BCUT2D eigenvalue weighted by Crippen LogP contribution is -2.35. The summed E-state index contributed by atoms with van der Waals surface area (Å²) in [6, 6.07) is 15.7. The van der Waals surface area contributed by atoms with Crippen LogP contribution in [-0.2, 0) is 22.7 Å². The van der Waals surface area contributed by atoms with Crippen molar-refractivity contribution in [3.63, 3.8) is 0 Å². The van der Waals surface area contributed by atoms with Crippen LogP contribution in [0.25, 0.3) is 0 Å². The number of hydrogen-bond donors (Lipinski definition) is 0. The molecule has 0 aliphatic carbocycles. The molecule has 136 valence electrons. The first kappa shape index (κ1) is 18.2. The topological polar surface area (TPSA) is 40.6 Å². The first-order valence-electron chi connectivity index (χ1n) is 9.42. The number of carbonyl (C=O) groups is 2. The van der Waals surface area contributed by atoms with E-state index in [2.05, 4.69) is 6.92 Å². The highest BCUT2D eigenvalue weighted by molar-refractivity contribution is 5.98. The Morgan fingerprint density at radius 3 is 2.27 bits per heavy atom. The Bertz CT molecular complexity index is 772. The molecule has 0 saturated carbocycles. The highest BCUT2D eigenvalue weighted by Crippen LogP contribution is 2.34. The standard InChI is InChI=1S/C22H26N2O2/c1-2-3-4-5-14-22(26)24-16-19-11-7-6-10-18(19)15-23(17-25)20-12-8-9-13-21(20)24/h6-13,17H,2-5,14-16H2,1H3. The van der Waals surface area contributed by atoms with Gasteiger partial charge in [0.2, 0.25) is 12.3 Å². The van der Waals surface area contributed by atoms with E-state index < -0.39 is 0 Å². The van der Waals surface area contributed by atoms with Crippen molar-refractivity contribution in [2.24, 2.45) is 0 Å². The van der Waals surface area contributed by atoms with Crippen molar-refractivity contribution in [3.8, 4) is 0 Å². The largest absolute Gasteiger partial charge is 0.309 e. The van der Waals surface area contributed by atoms with E-state index in [-0.39, 0.29) is 5.91 Å². The Labute approximate surface area is 155 Å². The van der Waals surface area contributed by atoms with E-state index >= 15 is 0 Å². The maximum Gasteiger partial charge on any atom is 0.227 e. The van der Waals surface area contributed by atoms with E-state index in [0.29, 0.717) is 19.5 Å². The summed E-state index contributed by atoms with van der Waals surface area (Å²) in [4.78, 5) is 28.3. The van der Waals surface area contributed by atoms with E-state index in [4.69, 9.17) is 0 Å². The Balaban J connectivity index is 1.95. The lowest BCUT2D eigenvalue weighted by molar-refractivity contribution is -0.119. The van der Waals surface area contributed by atoms with Gasteiger partial charge in [-0.3, -0.25) is 9.59 Å². The van der Waals surface area contributed by atoms with Gasteiger partial charge in [0.05, 0.1) is 24.5 Å². The van der Waals surface area contributed by atoms with Gasteiger partial charge in [0.1, 0.15) is 0 Å². The summed E-state index contributed by atoms with van der Waals surface area (Å²) >= 11 is 0. The van der Waals surface area contributed by atoms with Gasteiger partial charge in [-0.05, 0) is 29.7 Å². The molecule has 0 radical (unpaired) electrons. The van der Waals surface area contributed by atoms with Crippen molar-refractivity contribution in [3.05, 3.63) is 59.7 Å². The fourth-order valence-electron chi connectivity index (χ4n) is 3.48. The van der Waals surface area contributed by atoms with E-state index in [1.54, 1.807) is 4.90 Å². The molecule has 0 spiro atoms. The fraction of sp³-hybridized carbons (Fsp3) is 0.364. The quantitative estimate of drug-likeness (QED) is 0.561. The highest BCUT2D eigenvalue weighted by Gasteiger charge is 2.25. The third-order valence-electron chi connectivity index (χ3n) is 4.94. The average Bonchev–Trinajstić information content (AvgIpc) is 2.67. The van der Waals surface area contributed by atoms with Crippen molar-refractivity contribution in [2.45, 2.75) is 52.1 Å². The summed E-state index contributed by atoms with van der Waals surface area (Å²) in [5.74, 6) is 0.121. The fourth-order valence-corrected chi connectivity index (χ4v) is 3.48. The number of hydrogen-bond acceptors (Lipinski definition) is 2. The number of anilines is 2. The molecule has 0 fully saturated rings. The molecule has 0 unspecified atom stereocenters. The number of unbranched alkanes of at least 4 members (excludes halogenated alkanes) is 3. The van der Waals surface area contributed by atoms with Crippen LogP contribution in [0.2, 0.25) is 0 Å². The summed E-state index contributed by atoms with van der Waals surface area (Å²) in [7, 11) is 0. The monoisotopic (exact) mass is 350 g/mol. The molecule has 0 N–H and O–H groups in total. The first-order valence-corrected chi connectivity index (χ1v) is 9.42. The number of benzene rings is 2. The Kier molecular flexibility index (Phi) is 6.05. The van der Waals surface area contributed by atoms with Crippen molar-refractivity contribution in [1.29, 1.82) is 0 Å². The van der Waals surface area contributed by atoms with Crippen LogP contribution in [0.4, 0.5) is 11.4 Å². The number of amides is 2. The summed E-state index contributed by atoms with van der Waals surface area (Å²) in [5.41, 5.74) is 3.78. The van der Waals surface area contributed by atoms with Crippen LogP contribution < -0.4 is 9.80 Å². The van der Waals surface area contributed by atoms with E-state index in [1.165, 1.54) is 0 Å². The van der Waals surface area contributed by atoms with Crippen LogP contribution >= 0.6 is 0 Å². The Hall–Kier alpha value is -2.62. The normalized spacial score (nSPS) is 13.4. The van der Waals surface area contributed by atoms with Crippen LogP contribution in [0.5, 0.6) is 0 Å². The lowest BCUT2D eigenvalue weighted by Gasteiger charge is -2.32. The zero-order chi connectivity index (χ0) is 18.4. The minimum Gasteiger partial charge on any atom is -0.309 e. The summed E-state index contributed by atoms with van der Waals surface area (Å²) in [6.45, 7) is 3.24. The number of carbonyl (C=O) groups excluding carboxylic acids is 2. The van der Waals surface area contributed by atoms with Gasteiger partial charge in [-0.25, -0.2) is 0 Å². The maximum atomic E-state index is 13.0. The zero-order valence-corrected chi connectivity index (χ0v) is 15.4. The molecule has 1 heterocycles. The SMILES string of the molecule is CCCCCCC(=O)N1Cc2ccccc2CN(C=O)c2ccccc21. The van der Waals surface area contributed by atoms with E-state index in [1.807, 2.05) is 53.4 Å². The van der Waals surface area contributed by atoms with Crippen molar-refractivity contribution in [1.82, 2.24) is 0 Å². The zero-order valence-electron chi connectivity index (χ0n) is 15.4. The van der Waals surface area contributed by atoms with Crippen LogP contribution in [0.15, 0.2) is 48.5 Å². The van der Waals surface area contributed by atoms with Gasteiger partial charge in [0.15, 0.2) is 0 Å². The molecule has 4 nitrogen and oxygen atoms in total. The molecular weight excluding hydrogens is 324 g/mol. The van der Waals surface area contributed by atoms with Gasteiger partial charge < -0.3 is 9.80 Å². The summed E-state index contributed by atoms with van der Waals surface area (Å²) < 4.78 is 0. The van der Waals surface area contributed by atoms with Crippen molar-refractivity contribution in [2.75, 3.05) is 9.80 Å². The van der Waals surface area contributed by atoms with Crippen LogP contribution in [0, 0.1) is 0 Å². The minimum absolute atomic E-state index is 0.121. The molecule has 0 saturated heterocycles. The third-order valence-corrected chi connectivity index (χ3v) is 4.94. The predicted molar refractivity (Wildman–Crippen MR) is 105 cm³/mol. The second-order valence-electron chi connectivity index (χ2n) is 6.78. The first-order chi connectivity index (χ1) is 12.7. The lowest BCUT2D eigenvalue weighted by atomic mass is 10.0. The third kappa shape index (κ3) is 3.96. The molecular formula is C22H26N2O2. The van der Waals surface area contributed by atoms with Crippen molar-refractivity contribution < 1.29 is 9.59 Å². The van der Waals surface area contributed by atoms with Crippen LogP contribution in [-0.4, -0.2) is 12.3 Å². The van der Waals surface area contributed by atoms with E-state index in [9.17, 15) is 9.59 Å². The second kappa shape index (κ2) is 8.65. The number of fused-ring (bicyclic) bond motifs is 2. The van der Waals surface area contributed by atoms with Gasteiger partial charge in [0, 0.05) is 6.42 Å². The molecule has 2 amide bonds. The van der Waals surface area contributed by atoms with Crippen LogP contribution in [0.1, 0.15) is 50.2 Å². The number of para-hydroxylation sites is 2. The molecule has 26 heavy (non-hydrogen) atoms. The Morgan fingerprint density at radius 1 is 0.923 bits per heavy atom. The molecule has 4 heteroatoms.